The largest absolute Gasteiger partial charge is 0.356 e. The summed E-state index contributed by atoms with van der Waals surface area (Å²) in [5.41, 5.74) is 0.997. The zero-order chi connectivity index (χ0) is 17.8. The van der Waals surface area contributed by atoms with Crippen LogP contribution in [0.1, 0.15) is 43.9 Å². The number of hydrogen-bond acceptors (Lipinski definition) is 5. The van der Waals surface area contributed by atoms with Gasteiger partial charge in [0, 0.05) is 31.0 Å². The molecule has 1 N–H and O–H groups in total. The van der Waals surface area contributed by atoms with E-state index in [1.54, 1.807) is 0 Å². The summed E-state index contributed by atoms with van der Waals surface area (Å²) in [5, 5.41) is 7.12. The van der Waals surface area contributed by atoms with Crippen LogP contribution in [-0.2, 0) is 4.79 Å². The highest BCUT2D eigenvalue weighted by Gasteiger charge is 2.27. The second kappa shape index (κ2) is 7.99. The van der Waals surface area contributed by atoms with Gasteiger partial charge in [-0.15, -0.1) is 0 Å². The Bertz CT molecular complexity index is 722. The van der Waals surface area contributed by atoms with Crippen LogP contribution in [-0.4, -0.2) is 47.1 Å². The number of carbonyl (C=O) groups is 1. The third-order valence-electron chi connectivity index (χ3n) is 5.58. The summed E-state index contributed by atoms with van der Waals surface area (Å²) < 4.78 is 5.55. The maximum absolute atomic E-state index is 11.5. The molecule has 1 aromatic carbocycles. The molecule has 2 aliphatic rings. The average Bonchev–Trinajstić information content (AvgIpc) is 3.09. The molecular formula is C20H26N4O2. The molecule has 2 saturated heterocycles. The molecule has 26 heavy (non-hydrogen) atoms. The topological polar surface area (TPSA) is 71.3 Å². The van der Waals surface area contributed by atoms with E-state index in [1.165, 1.54) is 0 Å². The third-order valence-corrected chi connectivity index (χ3v) is 5.58. The van der Waals surface area contributed by atoms with Crippen LogP contribution in [0.5, 0.6) is 0 Å². The normalized spacial score (nSPS) is 22.8. The van der Waals surface area contributed by atoms with E-state index in [2.05, 4.69) is 20.4 Å². The number of nitrogens with one attached hydrogen (secondary N) is 1. The maximum Gasteiger partial charge on any atom is 0.230 e. The van der Waals surface area contributed by atoms with Gasteiger partial charge in [0.1, 0.15) is 0 Å². The van der Waals surface area contributed by atoms with E-state index in [0.29, 0.717) is 24.1 Å². The molecule has 1 atom stereocenters. The van der Waals surface area contributed by atoms with Crippen LogP contribution >= 0.6 is 0 Å². The van der Waals surface area contributed by atoms with Crippen molar-refractivity contribution >= 4 is 5.91 Å². The Kier molecular flexibility index (Phi) is 5.29. The van der Waals surface area contributed by atoms with Gasteiger partial charge in [-0.05, 0) is 44.7 Å². The summed E-state index contributed by atoms with van der Waals surface area (Å²) in [5.74, 6) is 2.63. The molecule has 6 heteroatoms. The van der Waals surface area contributed by atoms with Crippen LogP contribution in [0.2, 0.25) is 0 Å². The Hall–Kier alpha value is -2.21. The number of hydrogen-bond donors (Lipinski definition) is 1. The molecule has 0 radical (unpaired) electrons. The summed E-state index contributed by atoms with van der Waals surface area (Å²) >= 11 is 0. The molecule has 138 valence electrons. The Balaban J connectivity index is 1.30. The molecule has 1 aromatic heterocycles. The molecule has 0 aliphatic carbocycles. The number of piperidine rings is 1. The molecule has 2 fully saturated rings. The minimum absolute atomic E-state index is 0.205. The van der Waals surface area contributed by atoms with Crippen LogP contribution in [0, 0.1) is 5.92 Å². The fraction of sp³-hybridized carbons (Fsp3) is 0.550. The molecular weight excluding hydrogens is 328 g/mol. The maximum atomic E-state index is 11.5. The van der Waals surface area contributed by atoms with E-state index < -0.39 is 0 Å². The van der Waals surface area contributed by atoms with Crippen molar-refractivity contribution < 1.29 is 9.32 Å². The summed E-state index contributed by atoms with van der Waals surface area (Å²) in [4.78, 5) is 18.6. The zero-order valence-electron chi connectivity index (χ0n) is 15.1. The van der Waals surface area contributed by atoms with E-state index in [-0.39, 0.29) is 5.91 Å². The first kappa shape index (κ1) is 17.2. The van der Waals surface area contributed by atoms with Crippen molar-refractivity contribution in [1.82, 2.24) is 20.4 Å². The standard InChI is InChI=1S/C20H26N4O2/c25-18-7-6-15(8-11-21-18)14-24-12-9-17(10-13-24)20-22-19(23-26-20)16-4-2-1-3-5-16/h1-5,15,17H,6-14H2,(H,21,25). The first-order valence-electron chi connectivity index (χ1n) is 9.66. The fourth-order valence-electron chi connectivity index (χ4n) is 4.00. The highest BCUT2D eigenvalue weighted by atomic mass is 16.5. The second-order valence-corrected chi connectivity index (χ2v) is 7.44. The van der Waals surface area contributed by atoms with Gasteiger partial charge in [-0.2, -0.15) is 4.98 Å². The molecule has 6 nitrogen and oxygen atoms in total. The monoisotopic (exact) mass is 354 g/mol. The van der Waals surface area contributed by atoms with Gasteiger partial charge in [-0.1, -0.05) is 35.5 Å². The summed E-state index contributed by atoms with van der Waals surface area (Å²) in [7, 11) is 0. The van der Waals surface area contributed by atoms with Crippen molar-refractivity contribution in [2.45, 2.75) is 38.0 Å². The molecule has 1 unspecified atom stereocenters. The highest BCUT2D eigenvalue weighted by molar-refractivity contribution is 5.76. The number of nitrogens with zero attached hydrogens (tertiary/aromatic N) is 3. The minimum Gasteiger partial charge on any atom is -0.356 e. The lowest BCUT2D eigenvalue weighted by Crippen LogP contribution is -2.36. The van der Waals surface area contributed by atoms with Gasteiger partial charge in [0.25, 0.3) is 0 Å². The van der Waals surface area contributed by atoms with Gasteiger partial charge in [-0.25, -0.2) is 0 Å². The number of rotatable bonds is 4. The Morgan fingerprint density at radius 1 is 1.12 bits per heavy atom. The molecule has 2 aromatic rings. The van der Waals surface area contributed by atoms with Crippen molar-refractivity contribution in [2.75, 3.05) is 26.2 Å². The van der Waals surface area contributed by atoms with Crippen LogP contribution < -0.4 is 5.32 Å². The molecule has 1 amide bonds. The summed E-state index contributed by atoms with van der Waals surface area (Å²) in [6.45, 7) is 4.04. The highest BCUT2D eigenvalue weighted by Crippen LogP contribution is 2.29. The third kappa shape index (κ3) is 4.12. The predicted octanol–water partition coefficient (Wildman–Crippen LogP) is 2.83. The number of carbonyl (C=O) groups excluding carboxylic acids is 1. The number of amides is 1. The Morgan fingerprint density at radius 2 is 1.92 bits per heavy atom. The molecule has 3 heterocycles. The summed E-state index contributed by atoms with van der Waals surface area (Å²) in [6.07, 6.45) is 4.89. The van der Waals surface area contributed by atoms with Crippen LogP contribution in [0.15, 0.2) is 34.9 Å². The van der Waals surface area contributed by atoms with Crippen LogP contribution in [0.3, 0.4) is 0 Å². The van der Waals surface area contributed by atoms with Crippen molar-refractivity contribution in [3.63, 3.8) is 0 Å². The van der Waals surface area contributed by atoms with Crippen molar-refractivity contribution in [1.29, 1.82) is 0 Å². The van der Waals surface area contributed by atoms with E-state index in [1.807, 2.05) is 30.3 Å². The first-order valence-corrected chi connectivity index (χ1v) is 9.66. The van der Waals surface area contributed by atoms with Gasteiger partial charge in [-0.3, -0.25) is 4.79 Å². The van der Waals surface area contributed by atoms with E-state index in [0.717, 1.165) is 63.3 Å². The lowest BCUT2D eigenvalue weighted by Gasteiger charge is -2.32. The molecule has 0 spiro atoms. The van der Waals surface area contributed by atoms with Gasteiger partial charge < -0.3 is 14.7 Å². The van der Waals surface area contributed by atoms with Crippen LogP contribution in [0.25, 0.3) is 11.4 Å². The molecule has 2 aliphatic heterocycles. The Labute approximate surface area is 154 Å². The minimum atomic E-state index is 0.205. The van der Waals surface area contributed by atoms with Crippen molar-refractivity contribution in [3.8, 4) is 11.4 Å². The fourth-order valence-corrected chi connectivity index (χ4v) is 4.00. The van der Waals surface area contributed by atoms with Crippen molar-refractivity contribution in [2.24, 2.45) is 5.92 Å². The molecule has 0 saturated carbocycles. The van der Waals surface area contributed by atoms with E-state index >= 15 is 0 Å². The first-order chi connectivity index (χ1) is 12.8. The smallest absolute Gasteiger partial charge is 0.230 e. The van der Waals surface area contributed by atoms with Gasteiger partial charge in [0.15, 0.2) is 0 Å². The quantitative estimate of drug-likeness (QED) is 0.914. The number of aromatic nitrogens is 2. The SMILES string of the molecule is O=C1CCC(CN2CCC(c3nc(-c4ccccc4)no3)CC2)CCN1. The van der Waals surface area contributed by atoms with E-state index in [9.17, 15) is 4.79 Å². The molecule has 0 bridgehead atoms. The van der Waals surface area contributed by atoms with Crippen molar-refractivity contribution in [3.05, 3.63) is 36.2 Å². The Morgan fingerprint density at radius 3 is 2.73 bits per heavy atom. The number of likely N-dealkylation sites (tertiary alicyclic amines) is 1. The van der Waals surface area contributed by atoms with E-state index in [4.69, 9.17) is 4.52 Å². The average molecular weight is 354 g/mol. The lowest BCUT2D eigenvalue weighted by molar-refractivity contribution is -0.120. The molecule has 4 rings (SSSR count). The predicted molar refractivity (Wildman–Crippen MR) is 98.5 cm³/mol. The second-order valence-electron chi connectivity index (χ2n) is 7.44. The van der Waals surface area contributed by atoms with Gasteiger partial charge >= 0.3 is 0 Å². The number of benzene rings is 1. The zero-order valence-corrected chi connectivity index (χ0v) is 15.1. The van der Waals surface area contributed by atoms with Crippen LogP contribution in [0.4, 0.5) is 0 Å². The lowest BCUT2D eigenvalue weighted by atomic mass is 9.94. The van der Waals surface area contributed by atoms with Gasteiger partial charge in [0.2, 0.25) is 17.6 Å². The van der Waals surface area contributed by atoms with Gasteiger partial charge in [0.05, 0.1) is 0 Å². The summed E-state index contributed by atoms with van der Waals surface area (Å²) in [6, 6.07) is 9.97.